The molecule has 0 unspecified atom stereocenters. The minimum Gasteiger partial charge on any atom is -0.365 e. The fraction of sp³-hybridized carbons (Fsp3) is 0.467. The maximum absolute atomic E-state index is 13.9. The molecule has 2 atom stereocenters. The first kappa shape index (κ1) is 15.0. The molecule has 0 bridgehead atoms. The number of likely N-dealkylation sites (tertiary alicyclic amines) is 1. The van der Waals surface area contributed by atoms with Crippen LogP contribution in [0.4, 0.5) is 10.2 Å². The van der Waals surface area contributed by atoms with Crippen LogP contribution in [0.25, 0.3) is 5.65 Å². The highest BCUT2D eigenvalue weighted by Gasteiger charge is 2.32. The third-order valence-electron chi connectivity index (χ3n) is 4.23. The van der Waals surface area contributed by atoms with E-state index in [1.165, 1.54) is 0 Å². The van der Waals surface area contributed by atoms with Crippen molar-refractivity contribution in [3.63, 3.8) is 0 Å². The van der Waals surface area contributed by atoms with E-state index in [0.717, 1.165) is 11.5 Å². The number of rotatable bonds is 5. The number of fused-ring (bicyclic) bond motifs is 1. The van der Waals surface area contributed by atoms with E-state index in [2.05, 4.69) is 30.6 Å². The van der Waals surface area contributed by atoms with Gasteiger partial charge in [-0.3, -0.25) is 9.30 Å². The molecule has 0 aromatic carbocycles. The smallest absolute Gasteiger partial charge is 0.203 e. The first-order chi connectivity index (χ1) is 11.7. The summed E-state index contributed by atoms with van der Waals surface area (Å²) in [5.41, 5.74) is 1.49. The van der Waals surface area contributed by atoms with Crippen molar-refractivity contribution in [1.82, 2.24) is 29.6 Å². The van der Waals surface area contributed by atoms with Crippen molar-refractivity contribution in [1.29, 1.82) is 0 Å². The highest BCUT2D eigenvalue weighted by molar-refractivity contribution is 5.61. The molecule has 3 aromatic rings. The SMILES string of the molecule is Cc1cc(CN2C[C@@H](F)C[C@H]2CNc2nccn3cnnc23)on1. The molecule has 8 nitrogen and oxygen atoms in total. The highest BCUT2D eigenvalue weighted by Crippen LogP contribution is 2.23. The lowest BCUT2D eigenvalue weighted by atomic mass is 10.2. The molecule has 3 aromatic heterocycles. The van der Waals surface area contributed by atoms with Crippen LogP contribution >= 0.6 is 0 Å². The van der Waals surface area contributed by atoms with Crippen LogP contribution in [0, 0.1) is 6.92 Å². The molecule has 1 aliphatic rings. The molecule has 1 saturated heterocycles. The Labute approximate surface area is 137 Å². The molecular weight excluding hydrogens is 313 g/mol. The highest BCUT2D eigenvalue weighted by atomic mass is 19.1. The number of aromatic nitrogens is 5. The second-order valence-electron chi connectivity index (χ2n) is 6.07. The summed E-state index contributed by atoms with van der Waals surface area (Å²) in [5.74, 6) is 1.40. The van der Waals surface area contributed by atoms with Crippen molar-refractivity contribution in [3.05, 3.63) is 36.2 Å². The maximum atomic E-state index is 13.9. The standard InChI is InChI=1S/C15H18FN7O/c1-10-4-13(24-21-10)8-23-7-11(16)5-12(23)6-18-14-15-20-19-9-22(15)3-2-17-14/h2-4,9,11-12H,5-8H2,1H3,(H,17,18)/t11-,12-/m0/s1. The normalized spacial score (nSPS) is 21.6. The number of anilines is 1. The lowest BCUT2D eigenvalue weighted by molar-refractivity contribution is 0.212. The van der Waals surface area contributed by atoms with Crippen LogP contribution in [0.5, 0.6) is 0 Å². The average Bonchev–Trinajstić information content (AvgIpc) is 3.26. The Morgan fingerprint density at radius 2 is 2.38 bits per heavy atom. The molecule has 1 N–H and O–H groups in total. The second kappa shape index (κ2) is 6.16. The number of hydrogen-bond donors (Lipinski definition) is 1. The molecule has 1 fully saturated rings. The number of halogens is 1. The molecule has 0 aliphatic carbocycles. The second-order valence-corrected chi connectivity index (χ2v) is 6.07. The summed E-state index contributed by atoms with van der Waals surface area (Å²) in [6, 6.07) is 1.93. The van der Waals surface area contributed by atoms with Gasteiger partial charge in [-0.2, -0.15) is 0 Å². The van der Waals surface area contributed by atoms with Crippen LogP contribution in [0.3, 0.4) is 0 Å². The lowest BCUT2D eigenvalue weighted by Gasteiger charge is -2.23. The lowest BCUT2D eigenvalue weighted by Crippen LogP contribution is -2.34. The minimum atomic E-state index is -0.835. The van der Waals surface area contributed by atoms with Gasteiger partial charge in [-0.25, -0.2) is 9.37 Å². The van der Waals surface area contributed by atoms with E-state index in [4.69, 9.17) is 4.52 Å². The minimum absolute atomic E-state index is 0.0513. The Bertz CT molecular complexity index is 832. The Hall–Kier alpha value is -2.55. The molecule has 0 radical (unpaired) electrons. The third-order valence-corrected chi connectivity index (χ3v) is 4.23. The number of hydrogen-bond acceptors (Lipinski definition) is 7. The van der Waals surface area contributed by atoms with Crippen molar-refractivity contribution < 1.29 is 8.91 Å². The fourth-order valence-electron chi connectivity index (χ4n) is 3.12. The predicted octanol–water partition coefficient (Wildman–Crippen LogP) is 1.45. The van der Waals surface area contributed by atoms with Gasteiger partial charge in [0.2, 0.25) is 5.65 Å². The van der Waals surface area contributed by atoms with E-state index in [0.29, 0.717) is 37.5 Å². The van der Waals surface area contributed by atoms with Crippen LogP contribution in [0.15, 0.2) is 29.3 Å². The Morgan fingerprint density at radius 3 is 3.21 bits per heavy atom. The van der Waals surface area contributed by atoms with Gasteiger partial charge < -0.3 is 9.84 Å². The van der Waals surface area contributed by atoms with Gasteiger partial charge >= 0.3 is 0 Å². The zero-order valence-corrected chi connectivity index (χ0v) is 13.3. The van der Waals surface area contributed by atoms with Crippen LogP contribution in [-0.2, 0) is 6.54 Å². The van der Waals surface area contributed by atoms with Gasteiger partial charge in [0.05, 0.1) is 12.2 Å². The molecule has 24 heavy (non-hydrogen) atoms. The van der Waals surface area contributed by atoms with E-state index < -0.39 is 6.17 Å². The van der Waals surface area contributed by atoms with Gasteiger partial charge in [0.1, 0.15) is 12.5 Å². The summed E-state index contributed by atoms with van der Waals surface area (Å²) in [6.45, 7) is 3.40. The molecule has 0 saturated carbocycles. The first-order valence-corrected chi connectivity index (χ1v) is 7.87. The molecule has 4 rings (SSSR count). The summed E-state index contributed by atoms with van der Waals surface area (Å²) in [5, 5.41) is 15.1. The van der Waals surface area contributed by atoms with Crippen molar-refractivity contribution in [2.75, 3.05) is 18.4 Å². The zero-order valence-electron chi connectivity index (χ0n) is 13.3. The number of nitrogens with zero attached hydrogens (tertiary/aromatic N) is 6. The topological polar surface area (TPSA) is 84.4 Å². The summed E-state index contributed by atoms with van der Waals surface area (Å²) < 4.78 is 20.9. The molecule has 0 amide bonds. The number of nitrogens with one attached hydrogen (secondary N) is 1. The van der Waals surface area contributed by atoms with Gasteiger partial charge in [0.25, 0.3) is 0 Å². The van der Waals surface area contributed by atoms with Gasteiger partial charge in [0, 0.05) is 37.6 Å². The molecule has 9 heteroatoms. The Balaban J connectivity index is 1.45. The molecular formula is C15H18FN7O. The van der Waals surface area contributed by atoms with Gasteiger partial charge in [-0.15, -0.1) is 10.2 Å². The number of alkyl halides is 1. The van der Waals surface area contributed by atoms with Gasteiger partial charge in [-0.1, -0.05) is 5.16 Å². The zero-order chi connectivity index (χ0) is 16.5. The van der Waals surface area contributed by atoms with E-state index in [-0.39, 0.29) is 6.04 Å². The van der Waals surface area contributed by atoms with Crippen LogP contribution in [0.2, 0.25) is 0 Å². The van der Waals surface area contributed by atoms with Gasteiger partial charge in [0.15, 0.2) is 11.6 Å². The van der Waals surface area contributed by atoms with Crippen LogP contribution in [-0.4, -0.2) is 54.9 Å². The van der Waals surface area contributed by atoms with E-state index >= 15 is 0 Å². The van der Waals surface area contributed by atoms with Crippen LogP contribution < -0.4 is 5.32 Å². The largest absolute Gasteiger partial charge is 0.365 e. The summed E-state index contributed by atoms with van der Waals surface area (Å²) >= 11 is 0. The van der Waals surface area contributed by atoms with Crippen molar-refractivity contribution in [2.24, 2.45) is 0 Å². The summed E-state index contributed by atoms with van der Waals surface area (Å²) in [6.07, 6.45) is 4.73. The quantitative estimate of drug-likeness (QED) is 0.757. The van der Waals surface area contributed by atoms with E-state index in [1.54, 1.807) is 23.1 Å². The number of aryl methyl sites for hydroxylation is 1. The maximum Gasteiger partial charge on any atom is 0.203 e. The first-order valence-electron chi connectivity index (χ1n) is 7.87. The van der Waals surface area contributed by atoms with Gasteiger partial charge in [-0.05, 0) is 13.3 Å². The fourth-order valence-corrected chi connectivity index (χ4v) is 3.12. The predicted molar refractivity (Wildman–Crippen MR) is 84.2 cm³/mol. The third kappa shape index (κ3) is 2.94. The van der Waals surface area contributed by atoms with Crippen molar-refractivity contribution in [2.45, 2.75) is 32.1 Å². The monoisotopic (exact) mass is 331 g/mol. The van der Waals surface area contributed by atoms with Crippen LogP contribution in [0.1, 0.15) is 17.9 Å². The average molecular weight is 331 g/mol. The van der Waals surface area contributed by atoms with E-state index in [1.807, 2.05) is 13.0 Å². The molecule has 4 heterocycles. The molecule has 126 valence electrons. The molecule has 1 aliphatic heterocycles. The summed E-state index contributed by atoms with van der Waals surface area (Å²) in [7, 11) is 0. The molecule has 0 spiro atoms. The van der Waals surface area contributed by atoms with Crippen molar-refractivity contribution in [3.8, 4) is 0 Å². The van der Waals surface area contributed by atoms with Crippen molar-refractivity contribution >= 4 is 11.5 Å². The summed E-state index contributed by atoms with van der Waals surface area (Å²) in [4.78, 5) is 6.37. The van der Waals surface area contributed by atoms with E-state index in [9.17, 15) is 4.39 Å². The Kier molecular flexibility index (Phi) is 3.85. The Morgan fingerprint density at radius 1 is 1.46 bits per heavy atom.